The first-order valence-electron chi connectivity index (χ1n) is 4.03. The lowest BCUT2D eigenvalue weighted by Crippen LogP contribution is -1.95. The van der Waals surface area contributed by atoms with Crippen molar-refractivity contribution in [1.29, 1.82) is 0 Å². The topological polar surface area (TPSA) is 22.1 Å². The number of hydrogen-bond donors (Lipinski definition) is 0. The van der Waals surface area contributed by atoms with Crippen LogP contribution in [0.15, 0.2) is 18.3 Å². The molecule has 0 unspecified atom stereocenters. The summed E-state index contributed by atoms with van der Waals surface area (Å²) >= 11 is 0. The van der Waals surface area contributed by atoms with Crippen molar-refractivity contribution in [3.63, 3.8) is 0 Å². The Morgan fingerprint density at radius 3 is 3.36 bits per heavy atom. The van der Waals surface area contributed by atoms with Crippen molar-refractivity contribution in [1.82, 2.24) is 4.98 Å². The number of aromatic nitrogens is 1. The maximum absolute atomic E-state index is 5.49. The molecular formula is C9H11NO. The first-order valence-corrected chi connectivity index (χ1v) is 4.03. The average molecular weight is 149 g/mol. The second kappa shape index (κ2) is 2.91. The minimum absolute atomic E-state index is 0.846. The Balaban J connectivity index is 2.33. The smallest absolute Gasteiger partial charge is 0.140 e. The van der Waals surface area contributed by atoms with Crippen molar-refractivity contribution in [2.45, 2.75) is 19.3 Å². The van der Waals surface area contributed by atoms with Crippen LogP contribution >= 0.6 is 0 Å². The van der Waals surface area contributed by atoms with Crippen LogP contribution < -0.4 is 4.74 Å². The van der Waals surface area contributed by atoms with E-state index in [1.807, 2.05) is 18.3 Å². The van der Waals surface area contributed by atoms with Crippen molar-refractivity contribution in [2.75, 3.05) is 6.61 Å². The van der Waals surface area contributed by atoms with E-state index >= 15 is 0 Å². The van der Waals surface area contributed by atoms with Crippen molar-refractivity contribution < 1.29 is 4.74 Å². The van der Waals surface area contributed by atoms with E-state index in [1.165, 1.54) is 6.42 Å². The van der Waals surface area contributed by atoms with Crippen LogP contribution in [0.1, 0.15) is 18.5 Å². The Labute approximate surface area is 66.2 Å². The molecule has 0 aliphatic carbocycles. The van der Waals surface area contributed by atoms with Crippen LogP contribution in [0, 0.1) is 0 Å². The highest BCUT2D eigenvalue weighted by molar-refractivity contribution is 5.27. The second-order valence-electron chi connectivity index (χ2n) is 2.75. The van der Waals surface area contributed by atoms with Gasteiger partial charge in [-0.1, -0.05) is 0 Å². The van der Waals surface area contributed by atoms with Gasteiger partial charge in [-0.2, -0.15) is 0 Å². The van der Waals surface area contributed by atoms with Gasteiger partial charge in [-0.05, 0) is 31.4 Å². The zero-order chi connectivity index (χ0) is 7.52. The lowest BCUT2D eigenvalue weighted by molar-refractivity contribution is 0.316. The molecule has 0 atom stereocenters. The predicted molar refractivity (Wildman–Crippen MR) is 42.7 cm³/mol. The van der Waals surface area contributed by atoms with Gasteiger partial charge >= 0.3 is 0 Å². The summed E-state index contributed by atoms with van der Waals surface area (Å²) in [5, 5.41) is 0. The molecule has 0 bridgehead atoms. The Morgan fingerprint density at radius 2 is 2.36 bits per heavy atom. The third-order valence-electron chi connectivity index (χ3n) is 1.91. The lowest BCUT2D eigenvalue weighted by Gasteiger charge is -2.03. The van der Waals surface area contributed by atoms with Gasteiger partial charge in [0.05, 0.1) is 12.3 Å². The SMILES string of the molecule is c1cnc2c(c1)OCCCC2. The first kappa shape index (κ1) is 6.65. The molecule has 0 spiro atoms. The van der Waals surface area contributed by atoms with E-state index in [0.717, 1.165) is 30.9 Å². The van der Waals surface area contributed by atoms with Crippen LogP contribution in [-0.4, -0.2) is 11.6 Å². The Hall–Kier alpha value is -1.05. The molecule has 0 radical (unpaired) electrons. The quantitative estimate of drug-likeness (QED) is 0.561. The zero-order valence-electron chi connectivity index (χ0n) is 6.42. The zero-order valence-corrected chi connectivity index (χ0v) is 6.42. The number of pyridine rings is 1. The molecule has 58 valence electrons. The molecule has 1 aromatic heterocycles. The van der Waals surface area contributed by atoms with E-state index in [9.17, 15) is 0 Å². The van der Waals surface area contributed by atoms with E-state index in [1.54, 1.807) is 0 Å². The summed E-state index contributed by atoms with van der Waals surface area (Å²) in [7, 11) is 0. The van der Waals surface area contributed by atoms with Crippen molar-refractivity contribution >= 4 is 0 Å². The molecule has 2 heteroatoms. The average Bonchev–Trinajstić information content (AvgIpc) is 2.28. The molecule has 1 aliphatic heterocycles. The third kappa shape index (κ3) is 1.34. The molecule has 0 aromatic carbocycles. The summed E-state index contributed by atoms with van der Waals surface area (Å²) < 4.78 is 5.49. The lowest BCUT2D eigenvalue weighted by atomic mass is 10.2. The van der Waals surface area contributed by atoms with Crippen molar-refractivity contribution in [3.8, 4) is 5.75 Å². The van der Waals surface area contributed by atoms with E-state index in [-0.39, 0.29) is 0 Å². The number of aryl methyl sites for hydroxylation is 1. The molecule has 0 saturated heterocycles. The molecule has 2 heterocycles. The highest BCUT2D eigenvalue weighted by Gasteiger charge is 2.07. The number of fused-ring (bicyclic) bond motifs is 1. The molecule has 11 heavy (non-hydrogen) atoms. The van der Waals surface area contributed by atoms with E-state index in [2.05, 4.69) is 4.98 Å². The number of nitrogens with zero attached hydrogens (tertiary/aromatic N) is 1. The monoisotopic (exact) mass is 149 g/mol. The van der Waals surface area contributed by atoms with Crippen LogP contribution in [-0.2, 0) is 6.42 Å². The maximum atomic E-state index is 5.49. The van der Waals surface area contributed by atoms with Gasteiger partial charge in [0.1, 0.15) is 5.75 Å². The highest BCUT2D eigenvalue weighted by Crippen LogP contribution is 2.20. The van der Waals surface area contributed by atoms with Gasteiger partial charge in [0, 0.05) is 6.20 Å². The predicted octanol–water partition coefficient (Wildman–Crippen LogP) is 1.80. The van der Waals surface area contributed by atoms with Crippen LogP contribution in [0.5, 0.6) is 5.75 Å². The standard InChI is InChI=1S/C9H11NO/c1-2-7-11-9-5-3-6-10-8(9)4-1/h3,5-6H,1-2,4,7H2. The summed E-state index contributed by atoms with van der Waals surface area (Å²) in [4.78, 5) is 4.25. The van der Waals surface area contributed by atoms with Gasteiger partial charge in [0.15, 0.2) is 0 Å². The largest absolute Gasteiger partial charge is 0.492 e. The molecular weight excluding hydrogens is 138 g/mol. The molecule has 2 rings (SSSR count). The van der Waals surface area contributed by atoms with Gasteiger partial charge in [-0.15, -0.1) is 0 Å². The van der Waals surface area contributed by atoms with Gasteiger partial charge in [0.25, 0.3) is 0 Å². The van der Waals surface area contributed by atoms with Crippen LogP contribution in [0.2, 0.25) is 0 Å². The van der Waals surface area contributed by atoms with Crippen LogP contribution in [0.25, 0.3) is 0 Å². The summed E-state index contributed by atoms with van der Waals surface area (Å²) in [6.07, 6.45) is 5.24. The second-order valence-corrected chi connectivity index (χ2v) is 2.75. The summed E-state index contributed by atoms with van der Waals surface area (Å²) in [5.74, 6) is 0.977. The molecule has 1 aromatic rings. The molecule has 0 N–H and O–H groups in total. The minimum atomic E-state index is 0.846. The Morgan fingerprint density at radius 1 is 1.36 bits per heavy atom. The molecule has 2 nitrogen and oxygen atoms in total. The Kier molecular flexibility index (Phi) is 1.76. The third-order valence-corrected chi connectivity index (χ3v) is 1.91. The van der Waals surface area contributed by atoms with Gasteiger partial charge in [0.2, 0.25) is 0 Å². The summed E-state index contributed by atoms with van der Waals surface area (Å²) in [6, 6.07) is 3.91. The van der Waals surface area contributed by atoms with Gasteiger partial charge in [-0.3, -0.25) is 4.98 Å². The van der Waals surface area contributed by atoms with E-state index in [0.29, 0.717) is 0 Å². The molecule has 0 fully saturated rings. The van der Waals surface area contributed by atoms with Crippen molar-refractivity contribution in [3.05, 3.63) is 24.0 Å². The van der Waals surface area contributed by atoms with Crippen LogP contribution in [0.3, 0.4) is 0 Å². The van der Waals surface area contributed by atoms with Gasteiger partial charge in [-0.25, -0.2) is 0 Å². The van der Waals surface area contributed by atoms with Gasteiger partial charge < -0.3 is 4.74 Å². The fraction of sp³-hybridized carbons (Fsp3) is 0.444. The fourth-order valence-corrected chi connectivity index (χ4v) is 1.32. The normalized spacial score (nSPS) is 16.4. The molecule has 1 aliphatic rings. The van der Waals surface area contributed by atoms with Crippen LogP contribution in [0.4, 0.5) is 0 Å². The summed E-state index contributed by atoms with van der Waals surface area (Å²) in [5.41, 5.74) is 1.12. The summed E-state index contributed by atoms with van der Waals surface area (Å²) in [6.45, 7) is 0.846. The minimum Gasteiger partial charge on any atom is -0.492 e. The first-order chi connectivity index (χ1) is 5.47. The number of rotatable bonds is 0. The fourth-order valence-electron chi connectivity index (χ4n) is 1.32. The maximum Gasteiger partial charge on any atom is 0.140 e. The Bertz CT molecular complexity index is 222. The molecule has 0 saturated carbocycles. The van der Waals surface area contributed by atoms with Crippen molar-refractivity contribution in [2.24, 2.45) is 0 Å². The number of hydrogen-bond acceptors (Lipinski definition) is 2. The number of ether oxygens (including phenoxy) is 1. The van der Waals surface area contributed by atoms with E-state index < -0.39 is 0 Å². The highest BCUT2D eigenvalue weighted by atomic mass is 16.5. The molecule has 0 amide bonds. The van der Waals surface area contributed by atoms with E-state index in [4.69, 9.17) is 4.74 Å².